The summed E-state index contributed by atoms with van der Waals surface area (Å²) in [6.45, 7) is 6.15. The Labute approximate surface area is 195 Å². The third-order valence-electron chi connectivity index (χ3n) is 6.66. The zero-order valence-electron chi connectivity index (χ0n) is 18.7. The molecule has 2 aromatic rings. The van der Waals surface area contributed by atoms with Crippen LogP contribution in [0.2, 0.25) is 5.02 Å². The van der Waals surface area contributed by atoms with Gasteiger partial charge in [0.25, 0.3) is 0 Å². The highest BCUT2D eigenvalue weighted by molar-refractivity contribution is 6.30. The molecule has 6 nitrogen and oxygen atoms in total. The molecule has 0 saturated carbocycles. The summed E-state index contributed by atoms with van der Waals surface area (Å²) in [5, 5.41) is 11.8. The highest BCUT2D eigenvalue weighted by atomic mass is 35.5. The molecule has 2 aliphatic heterocycles. The number of carbonyl (C=O) groups excluding carboxylic acids is 1. The predicted molar refractivity (Wildman–Crippen MR) is 125 cm³/mol. The van der Waals surface area contributed by atoms with Gasteiger partial charge in [0.2, 0.25) is 11.8 Å². The Hall–Kier alpha value is -2.15. The molecule has 172 valence electrons. The lowest BCUT2D eigenvalue weighted by molar-refractivity contribution is -0.142. The molecule has 2 fully saturated rings. The van der Waals surface area contributed by atoms with E-state index in [2.05, 4.69) is 9.88 Å². The predicted octanol–water partition coefficient (Wildman–Crippen LogP) is 3.86. The molecule has 3 heterocycles. The van der Waals surface area contributed by atoms with Crippen molar-refractivity contribution >= 4 is 17.5 Å². The largest absolute Gasteiger partial charge is 0.478 e. The fraction of sp³-hybridized carbons (Fsp3) is 0.520. The van der Waals surface area contributed by atoms with E-state index in [1.807, 2.05) is 48.2 Å². The van der Waals surface area contributed by atoms with Gasteiger partial charge in [-0.2, -0.15) is 0 Å². The number of rotatable bonds is 6. The minimum absolute atomic E-state index is 0.00214. The van der Waals surface area contributed by atoms with Crippen LogP contribution in [-0.4, -0.2) is 58.6 Å². The van der Waals surface area contributed by atoms with E-state index in [4.69, 9.17) is 16.3 Å². The summed E-state index contributed by atoms with van der Waals surface area (Å²) in [4.78, 5) is 21.9. The number of hydrogen-bond acceptors (Lipinski definition) is 5. The smallest absolute Gasteiger partial charge is 0.226 e. The number of aromatic nitrogens is 1. The van der Waals surface area contributed by atoms with E-state index in [0.29, 0.717) is 43.4 Å². The Bertz CT molecular complexity index is 913. The molecule has 1 atom stereocenters. The molecule has 2 aliphatic rings. The van der Waals surface area contributed by atoms with Gasteiger partial charge in [-0.3, -0.25) is 9.69 Å². The highest BCUT2D eigenvalue weighted by Gasteiger charge is 2.37. The number of hydrogen-bond donors (Lipinski definition) is 1. The first-order chi connectivity index (χ1) is 15.5. The summed E-state index contributed by atoms with van der Waals surface area (Å²) >= 11 is 5.98. The van der Waals surface area contributed by atoms with Gasteiger partial charge in [0, 0.05) is 43.0 Å². The summed E-state index contributed by atoms with van der Waals surface area (Å²) in [7, 11) is 0. The van der Waals surface area contributed by atoms with Crippen molar-refractivity contribution in [1.82, 2.24) is 14.8 Å². The van der Waals surface area contributed by atoms with Crippen molar-refractivity contribution < 1.29 is 14.6 Å². The average molecular weight is 458 g/mol. The molecular formula is C25H32ClN3O3. The first-order valence-electron chi connectivity index (χ1n) is 11.5. The molecule has 1 aromatic carbocycles. The monoisotopic (exact) mass is 457 g/mol. The molecule has 0 spiro atoms. The second-order valence-electron chi connectivity index (χ2n) is 8.84. The topological polar surface area (TPSA) is 65.9 Å². The molecule has 0 bridgehead atoms. The first-order valence-corrected chi connectivity index (χ1v) is 11.9. The number of amides is 1. The van der Waals surface area contributed by atoms with E-state index in [-0.39, 0.29) is 11.8 Å². The normalized spacial score (nSPS) is 21.3. The fourth-order valence-corrected chi connectivity index (χ4v) is 4.98. The van der Waals surface area contributed by atoms with Crippen molar-refractivity contribution in [3.8, 4) is 5.88 Å². The SMILES string of the molecule is CCOc1ncccc1CN1CCCC(C(=O)N2CCC(O)(c3ccc(Cl)cc3)CC2)C1. The minimum atomic E-state index is -0.893. The molecule has 1 unspecified atom stereocenters. The van der Waals surface area contributed by atoms with Gasteiger partial charge in [0.1, 0.15) is 0 Å². The molecule has 32 heavy (non-hydrogen) atoms. The van der Waals surface area contributed by atoms with Crippen molar-refractivity contribution in [2.45, 2.75) is 44.8 Å². The quantitative estimate of drug-likeness (QED) is 0.713. The van der Waals surface area contributed by atoms with Gasteiger partial charge in [-0.1, -0.05) is 29.8 Å². The molecule has 1 amide bonds. The summed E-state index contributed by atoms with van der Waals surface area (Å²) in [6, 6.07) is 11.4. The van der Waals surface area contributed by atoms with Gasteiger partial charge in [0.05, 0.1) is 18.1 Å². The van der Waals surface area contributed by atoms with Crippen LogP contribution in [0, 0.1) is 5.92 Å². The number of piperidine rings is 2. The summed E-state index contributed by atoms with van der Waals surface area (Å²) in [6.07, 6.45) is 4.76. The van der Waals surface area contributed by atoms with Crippen LogP contribution in [0.3, 0.4) is 0 Å². The minimum Gasteiger partial charge on any atom is -0.478 e. The van der Waals surface area contributed by atoms with Crippen LogP contribution >= 0.6 is 11.6 Å². The maximum Gasteiger partial charge on any atom is 0.226 e. The molecule has 7 heteroatoms. The van der Waals surface area contributed by atoms with E-state index in [1.165, 1.54) is 0 Å². The number of benzene rings is 1. The Balaban J connectivity index is 1.34. The van der Waals surface area contributed by atoms with Crippen LogP contribution in [0.15, 0.2) is 42.6 Å². The summed E-state index contributed by atoms with van der Waals surface area (Å²) < 4.78 is 5.67. The lowest BCUT2D eigenvalue weighted by Gasteiger charge is -2.41. The number of likely N-dealkylation sites (tertiary alicyclic amines) is 2. The lowest BCUT2D eigenvalue weighted by Crippen LogP contribution is -2.50. The Morgan fingerprint density at radius 3 is 2.69 bits per heavy atom. The highest BCUT2D eigenvalue weighted by Crippen LogP contribution is 2.34. The Morgan fingerprint density at radius 2 is 1.97 bits per heavy atom. The number of carbonyl (C=O) groups is 1. The number of ether oxygens (including phenoxy) is 1. The first kappa shape index (κ1) is 23.0. The molecular weight excluding hydrogens is 426 g/mol. The summed E-state index contributed by atoms with van der Waals surface area (Å²) in [5.74, 6) is 0.891. The number of halogens is 1. The van der Waals surface area contributed by atoms with Gasteiger partial charge in [-0.15, -0.1) is 0 Å². The summed E-state index contributed by atoms with van der Waals surface area (Å²) in [5.41, 5.74) is 1.04. The second-order valence-corrected chi connectivity index (χ2v) is 9.28. The van der Waals surface area contributed by atoms with Crippen LogP contribution in [0.1, 0.15) is 43.7 Å². The van der Waals surface area contributed by atoms with Gasteiger partial charge >= 0.3 is 0 Å². The van der Waals surface area contributed by atoms with Crippen LogP contribution in [0.4, 0.5) is 0 Å². The van der Waals surface area contributed by atoms with Crippen molar-refractivity contribution in [3.05, 3.63) is 58.7 Å². The van der Waals surface area contributed by atoms with Crippen LogP contribution in [0.25, 0.3) is 0 Å². The van der Waals surface area contributed by atoms with Crippen molar-refractivity contribution in [3.63, 3.8) is 0 Å². The van der Waals surface area contributed by atoms with Crippen LogP contribution in [0.5, 0.6) is 5.88 Å². The Kier molecular flexibility index (Phi) is 7.33. The fourth-order valence-electron chi connectivity index (χ4n) is 4.86. The van der Waals surface area contributed by atoms with Gasteiger partial charge in [-0.25, -0.2) is 4.98 Å². The molecule has 2 saturated heterocycles. The van der Waals surface area contributed by atoms with Crippen LogP contribution < -0.4 is 4.74 Å². The molecule has 0 radical (unpaired) electrons. The van der Waals surface area contributed by atoms with E-state index in [0.717, 1.165) is 43.6 Å². The van der Waals surface area contributed by atoms with Crippen molar-refractivity contribution in [1.29, 1.82) is 0 Å². The Morgan fingerprint density at radius 1 is 1.22 bits per heavy atom. The van der Waals surface area contributed by atoms with Crippen LogP contribution in [-0.2, 0) is 16.9 Å². The van der Waals surface area contributed by atoms with Crippen molar-refractivity contribution in [2.75, 3.05) is 32.8 Å². The zero-order valence-corrected chi connectivity index (χ0v) is 19.4. The van der Waals surface area contributed by atoms with Crippen molar-refractivity contribution in [2.24, 2.45) is 5.92 Å². The standard InChI is InChI=1S/C25H32ClN3O3/c1-2-32-23-19(5-3-13-27-23)17-28-14-4-6-20(18-28)24(30)29-15-11-25(31,12-16-29)21-7-9-22(26)10-8-21/h3,5,7-10,13,20,31H,2,4,6,11-12,14-18H2,1H3. The molecule has 4 rings (SSSR count). The number of pyridine rings is 1. The van der Waals surface area contributed by atoms with Gasteiger partial charge in [0.15, 0.2) is 0 Å². The average Bonchev–Trinajstić information content (AvgIpc) is 2.81. The molecule has 0 aliphatic carbocycles. The van der Waals surface area contributed by atoms with Gasteiger partial charge < -0.3 is 14.7 Å². The number of aliphatic hydroxyl groups is 1. The second kappa shape index (κ2) is 10.2. The third-order valence-corrected chi connectivity index (χ3v) is 6.92. The molecule has 1 aromatic heterocycles. The van der Waals surface area contributed by atoms with E-state index in [1.54, 1.807) is 6.20 Å². The van der Waals surface area contributed by atoms with E-state index < -0.39 is 5.60 Å². The third kappa shape index (κ3) is 5.25. The zero-order chi connectivity index (χ0) is 22.6. The maximum absolute atomic E-state index is 13.3. The van der Waals surface area contributed by atoms with Gasteiger partial charge in [-0.05, 0) is 62.9 Å². The van der Waals surface area contributed by atoms with E-state index in [9.17, 15) is 9.90 Å². The lowest BCUT2D eigenvalue weighted by atomic mass is 9.84. The number of nitrogens with zero attached hydrogens (tertiary/aromatic N) is 3. The maximum atomic E-state index is 13.3. The van der Waals surface area contributed by atoms with E-state index >= 15 is 0 Å². The molecule has 1 N–H and O–H groups in total.